The maximum atomic E-state index is 5.12. The van der Waals surface area contributed by atoms with Gasteiger partial charge in [0.15, 0.2) is 0 Å². The highest BCUT2D eigenvalue weighted by Crippen LogP contribution is 2.44. The normalized spacial score (nSPS) is 11.5. The molecule has 0 bridgehead atoms. The predicted octanol–water partition coefficient (Wildman–Crippen LogP) is 7.59. The Hall–Kier alpha value is -3.91. The fraction of sp³-hybridized carbons (Fsp3) is 0.0690. The standard InChI is InChI=1S/C29H22N2/c1-19-16-17-23-24(18-19)26(21-11-5-3-6-12-21)27(22-13-7-4-8-14-22)29-28(23)30-25-15-9-10-20(2)31(25)29/h3-18H,1-2H3. The molecule has 0 spiro atoms. The van der Waals surface area contributed by atoms with E-state index in [1.54, 1.807) is 0 Å². The second kappa shape index (κ2) is 6.82. The lowest BCUT2D eigenvalue weighted by Crippen LogP contribution is -1.96. The van der Waals surface area contributed by atoms with E-state index in [4.69, 9.17) is 4.98 Å². The van der Waals surface area contributed by atoms with Crippen LogP contribution in [-0.4, -0.2) is 9.38 Å². The van der Waals surface area contributed by atoms with Gasteiger partial charge in [0.25, 0.3) is 0 Å². The molecule has 0 aliphatic carbocycles. The van der Waals surface area contributed by atoms with Gasteiger partial charge in [-0.3, -0.25) is 4.40 Å². The van der Waals surface area contributed by atoms with Gasteiger partial charge in [-0.25, -0.2) is 4.98 Å². The molecule has 0 amide bonds. The Morgan fingerprint density at radius 1 is 0.613 bits per heavy atom. The second-order valence-electron chi connectivity index (χ2n) is 8.20. The summed E-state index contributed by atoms with van der Waals surface area (Å²) in [6.07, 6.45) is 0. The monoisotopic (exact) mass is 398 g/mol. The van der Waals surface area contributed by atoms with Crippen LogP contribution in [-0.2, 0) is 0 Å². The van der Waals surface area contributed by atoms with Crippen LogP contribution < -0.4 is 0 Å². The Bertz CT molecular complexity index is 1580. The number of benzene rings is 4. The second-order valence-corrected chi connectivity index (χ2v) is 8.20. The molecule has 0 aliphatic heterocycles. The minimum absolute atomic E-state index is 0.985. The first-order chi connectivity index (χ1) is 15.2. The molecule has 0 fully saturated rings. The Kier molecular flexibility index (Phi) is 3.94. The van der Waals surface area contributed by atoms with E-state index in [1.807, 2.05) is 0 Å². The van der Waals surface area contributed by atoms with E-state index in [1.165, 1.54) is 49.8 Å². The summed E-state index contributed by atoms with van der Waals surface area (Å²) in [5, 5.41) is 2.45. The van der Waals surface area contributed by atoms with Crippen LogP contribution in [0.2, 0.25) is 0 Å². The molecule has 0 atom stereocenters. The smallest absolute Gasteiger partial charge is 0.138 e. The van der Waals surface area contributed by atoms with E-state index < -0.39 is 0 Å². The van der Waals surface area contributed by atoms with Crippen molar-refractivity contribution in [2.24, 2.45) is 0 Å². The number of rotatable bonds is 2. The molecular weight excluding hydrogens is 376 g/mol. The van der Waals surface area contributed by atoms with Crippen molar-refractivity contribution in [1.29, 1.82) is 0 Å². The van der Waals surface area contributed by atoms with Gasteiger partial charge >= 0.3 is 0 Å². The topological polar surface area (TPSA) is 17.3 Å². The molecule has 0 unspecified atom stereocenters. The highest BCUT2D eigenvalue weighted by atomic mass is 15.0. The number of aromatic nitrogens is 2. The molecule has 6 aromatic rings. The predicted molar refractivity (Wildman–Crippen MR) is 131 cm³/mol. The number of aryl methyl sites for hydroxylation is 2. The summed E-state index contributed by atoms with van der Waals surface area (Å²) in [6.45, 7) is 4.32. The quantitative estimate of drug-likeness (QED) is 0.294. The molecule has 2 aromatic heterocycles. The fourth-order valence-electron chi connectivity index (χ4n) is 4.79. The number of pyridine rings is 1. The third-order valence-electron chi connectivity index (χ3n) is 6.15. The lowest BCUT2D eigenvalue weighted by molar-refractivity contribution is 1.13. The number of imidazole rings is 1. The van der Waals surface area contributed by atoms with Gasteiger partial charge in [0, 0.05) is 16.6 Å². The maximum absolute atomic E-state index is 5.12. The van der Waals surface area contributed by atoms with Crippen molar-refractivity contribution in [3.63, 3.8) is 0 Å². The molecule has 2 heterocycles. The van der Waals surface area contributed by atoms with Crippen molar-refractivity contribution in [3.8, 4) is 22.3 Å². The minimum atomic E-state index is 0.985. The Morgan fingerprint density at radius 2 is 1.29 bits per heavy atom. The van der Waals surface area contributed by atoms with Crippen LogP contribution in [0.5, 0.6) is 0 Å². The van der Waals surface area contributed by atoms with E-state index in [0.29, 0.717) is 0 Å². The summed E-state index contributed by atoms with van der Waals surface area (Å²) in [5.41, 5.74) is 10.6. The van der Waals surface area contributed by atoms with Crippen molar-refractivity contribution in [2.45, 2.75) is 13.8 Å². The van der Waals surface area contributed by atoms with Crippen LogP contribution >= 0.6 is 0 Å². The third kappa shape index (κ3) is 2.69. The van der Waals surface area contributed by atoms with Gasteiger partial charge in [-0.15, -0.1) is 0 Å². The van der Waals surface area contributed by atoms with Crippen LogP contribution in [0.3, 0.4) is 0 Å². The van der Waals surface area contributed by atoms with E-state index >= 15 is 0 Å². The SMILES string of the molecule is Cc1ccc2c(c1)c(-c1ccccc1)c(-c1ccccc1)c1c2nc2cccc(C)n21. The van der Waals surface area contributed by atoms with E-state index in [-0.39, 0.29) is 0 Å². The summed E-state index contributed by atoms with van der Waals surface area (Å²) < 4.78 is 2.31. The first-order valence-corrected chi connectivity index (χ1v) is 10.7. The molecule has 31 heavy (non-hydrogen) atoms. The van der Waals surface area contributed by atoms with E-state index in [0.717, 1.165) is 11.2 Å². The highest BCUT2D eigenvalue weighted by Gasteiger charge is 2.21. The summed E-state index contributed by atoms with van der Waals surface area (Å²) in [7, 11) is 0. The van der Waals surface area contributed by atoms with E-state index in [2.05, 4.69) is 115 Å². The number of hydrogen-bond acceptors (Lipinski definition) is 1. The molecule has 0 saturated carbocycles. The summed E-state index contributed by atoms with van der Waals surface area (Å²) in [4.78, 5) is 5.12. The first-order valence-electron chi connectivity index (χ1n) is 10.7. The number of nitrogens with zero attached hydrogens (tertiary/aromatic N) is 2. The summed E-state index contributed by atoms with van der Waals surface area (Å²) >= 11 is 0. The van der Waals surface area contributed by atoms with Crippen molar-refractivity contribution in [1.82, 2.24) is 9.38 Å². The van der Waals surface area contributed by atoms with Gasteiger partial charge in [0.05, 0.1) is 11.0 Å². The van der Waals surface area contributed by atoms with Crippen LogP contribution in [0.4, 0.5) is 0 Å². The van der Waals surface area contributed by atoms with Crippen LogP contribution in [0, 0.1) is 13.8 Å². The number of fused-ring (bicyclic) bond motifs is 5. The Labute approximate surface area is 181 Å². The van der Waals surface area contributed by atoms with Crippen LogP contribution in [0.15, 0.2) is 97.1 Å². The molecule has 148 valence electrons. The zero-order valence-corrected chi connectivity index (χ0v) is 17.6. The van der Waals surface area contributed by atoms with Crippen molar-refractivity contribution in [3.05, 3.63) is 108 Å². The van der Waals surface area contributed by atoms with Gasteiger partial charge in [-0.2, -0.15) is 0 Å². The maximum Gasteiger partial charge on any atom is 0.138 e. The molecule has 4 aromatic carbocycles. The molecule has 6 rings (SSSR count). The molecule has 0 radical (unpaired) electrons. The van der Waals surface area contributed by atoms with Gasteiger partial charge < -0.3 is 0 Å². The van der Waals surface area contributed by atoms with Crippen LogP contribution in [0.1, 0.15) is 11.3 Å². The zero-order valence-electron chi connectivity index (χ0n) is 17.6. The molecule has 0 saturated heterocycles. The van der Waals surface area contributed by atoms with E-state index in [9.17, 15) is 0 Å². The Morgan fingerprint density at radius 3 is 2.00 bits per heavy atom. The molecular formula is C29H22N2. The van der Waals surface area contributed by atoms with Gasteiger partial charge in [-0.05, 0) is 48.1 Å². The summed E-state index contributed by atoms with van der Waals surface area (Å²) in [5.74, 6) is 0. The lowest BCUT2D eigenvalue weighted by Gasteiger charge is -2.17. The van der Waals surface area contributed by atoms with Crippen molar-refractivity contribution >= 4 is 27.5 Å². The fourth-order valence-corrected chi connectivity index (χ4v) is 4.79. The Balaban J connectivity index is 1.97. The average Bonchev–Trinajstić information content (AvgIpc) is 3.20. The van der Waals surface area contributed by atoms with Gasteiger partial charge in [-0.1, -0.05) is 90.5 Å². The van der Waals surface area contributed by atoms with Crippen molar-refractivity contribution in [2.75, 3.05) is 0 Å². The van der Waals surface area contributed by atoms with Crippen molar-refractivity contribution < 1.29 is 0 Å². The third-order valence-corrected chi connectivity index (χ3v) is 6.15. The number of hydrogen-bond donors (Lipinski definition) is 0. The average molecular weight is 399 g/mol. The van der Waals surface area contributed by atoms with Crippen LogP contribution in [0.25, 0.3) is 49.7 Å². The largest absolute Gasteiger partial charge is 0.296 e. The highest BCUT2D eigenvalue weighted by molar-refractivity contribution is 6.20. The summed E-state index contributed by atoms with van der Waals surface area (Å²) in [6, 6.07) is 34.6. The molecule has 0 aliphatic rings. The van der Waals surface area contributed by atoms with Gasteiger partial charge in [0.1, 0.15) is 5.65 Å². The molecule has 2 nitrogen and oxygen atoms in total. The molecule has 0 N–H and O–H groups in total. The van der Waals surface area contributed by atoms with Gasteiger partial charge in [0.2, 0.25) is 0 Å². The zero-order chi connectivity index (χ0) is 20.9. The lowest BCUT2D eigenvalue weighted by atomic mass is 9.87. The first kappa shape index (κ1) is 17.9. The minimum Gasteiger partial charge on any atom is -0.296 e. The molecule has 2 heteroatoms.